The van der Waals surface area contributed by atoms with Crippen LogP contribution in [0.15, 0.2) is 66.9 Å². The Morgan fingerprint density at radius 3 is 2.59 bits per heavy atom. The van der Waals surface area contributed by atoms with Crippen molar-refractivity contribution in [3.8, 4) is 5.69 Å². The molecule has 162 valence electrons. The van der Waals surface area contributed by atoms with Crippen molar-refractivity contribution in [3.63, 3.8) is 0 Å². The molecule has 1 N–H and O–H groups in total. The molecule has 0 bridgehead atoms. The van der Waals surface area contributed by atoms with Gasteiger partial charge in [-0.15, -0.1) is 0 Å². The summed E-state index contributed by atoms with van der Waals surface area (Å²) in [4.78, 5) is 13.0. The number of benzene rings is 2. The molecular formula is C26H27N5O. The molecule has 5 rings (SSSR count). The van der Waals surface area contributed by atoms with Crippen LogP contribution < -0.4 is 5.32 Å². The van der Waals surface area contributed by atoms with Gasteiger partial charge in [-0.25, -0.2) is 4.68 Å². The smallest absolute Gasteiger partial charge is 0.251 e. The van der Waals surface area contributed by atoms with Crippen LogP contribution in [-0.2, 0) is 13.0 Å². The zero-order valence-electron chi connectivity index (χ0n) is 18.5. The molecule has 0 unspecified atom stereocenters. The van der Waals surface area contributed by atoms with Crippen LogP contribution in [0.25, 0.3) is 5.69 Å². The van der Waals surface area contributed by atoms with Gasteiger partial charge in [0.2, 0.25) is 0 Å². The maximum Gasteiger partial charge on any atom is 0.251 e. The highest BCUT2D eigenvalue weighted by Gasteiger charge is 2.26. The van der Waals surface area contributed by atoms with Crippen LogP contribution in [0.1, 0.15) is 57.5 Å². The van der Waals surface area contributed by atoms with Gasteiger partial charge in [0.15, 0.2) is 0 Å². The molecule has 0 fully saturated rings. The number of nitrogens with zero attached hydrogens (tertiary/aromatic N) is 4. The van der Waals surface area contributed by atoms with Crippen molar-refractivity contribution in [1.29, 1.82) is 0 Å². The summed E-state index contributed by atoms with van der Waals surface area (Å²) in [6.45, 7) is 4.76. The van der Waals surface area contributed by atoms with E-state index in [-0.39, 0.29) is 11.9 Å². The summed E-state index contributed by atoms with van der Waals surface area (Å²) in [5, 5.41) is 12.4. The Labute approximate surface area is 187 Å². The average molecular weight is 426 g/mol. The molecule has 2 aromatic carbocycles. The number of carbonyl (C=O) groups is 1. The monoisotopic (exact) mass is 425 g/mol. The fourth-order valence-corrected chi connectivity index (χ4v) is 4.55. The molecule has 6 heteroatoms. The second kappa shape index (κ2) is 8.46. The fourth-order valence-electron chi connectivity index (χ4n) is 4.55. The van der Waals surface area contributed by atoms with Crippen molar-refractivity contribution in [2.24, 2.45) is 0 Å². The van der Waals surface area contributed by atoms with Crippen LogP contribution in [0.5, 0.6) is 0 Å². The Morgan fingerprint density at radius 1 is 1.09 bits per heavy atom. The normalized spacial score (nSPS) is 15.4. The lowest BCUT2D eigenvalue weighted by Crippen LogP contribution is -2.31. The lowest BCUT2D eigenvalue weighted by atomic mass is 9.92. The first-order valence-corrected chi connectivity index (χ1v) is 11.1. The number of aryl methyl sites for hydroxylation is 2. The third kappa shape index (κ3) is 3.96. The molecule has 0 aliphatic heterocycles. The number of aromatic nitrogens is 4. The van der Waals surface area contributed by atoms with Crippen LogP contribution >= 0.6 is 0 Å². The molecule has 0 radical (unpaired) electrons. The molecule has 0 spiro atoms. The maximum atomic E-state index is 13.0. The molecule has 2 heterocycles. The second-order valence-corrected chi connectivity index (χ2v) is 8.49. The summed E-state index contributed by atoms with van der Waals surface area (Å²) in [6, 6.07) is 20.0. The standard InChI is InChI=1S/C26H27N5O/c1-18-15-19(2)31(29-18)22-13-11-21(12-14-22)26(32)28-24-9-6-10-25-23(24)16-27-30(25)17-20-7-4-3-5-8-20/h3-5,7-8,11-16,24H,6,9-10,17H2,1-2H3,(H,28,32)/t24-/m0/s1. The zero-order valence-corrected chi connectivity index (χ0v) is 18.5. The number of carbonyl (C=O) groups excluding carboxylic acids is 1. The molecule has 1 aliphatic rings. The Hall–Kier alpha value is -3.67. The van der Waals surface area contributed by atoms with Crippen molar-refractivity contribution in [3.05, 3.63) is 101 Å². The minimum Gasteiger partial charge on any atom is -0.345 e. The summed E-state index contributed by atoms with van der Waals surface area (Å²) < 4.78 is 3.97. The van der Waals surface area contributed by atoms with Gasteiger partial charge in [0.25, 0.3) is 5.91 Å². The first-order chi connectivity index (χ1) is 15.6. The number of hydrogen-bond donors (Lipinski definition) is 1. The van der Waals surface area contributed by atoms with E-state index in [1.165, 1.54) is 11.3 Å². The predicted molar refractivity (Wildman–Crippen MR) is 124 cm³/mol. The van der Waals surface area contributed by atoms with Gasteiger partial charge < -0.3 is 5.32 Å². The molecule has 1 atom stereocenters. The molecular weight excluding hydrogens is 398 g/mol. The number of fused-ring (bicyclic) bond motifs is 1. The van der Waals surface area contributed by atoms with Crippen LogP contribution in [-0.4, -0.2) is 25.5 Å². The van der Waals surface area contributed by atoms with Crippen molar-refractivity contribution >= 4 is 5.91 Å². The summed E-state index contributed by atoms with van der Waals surface area (Å²) in [6.07, 6.45) is 4.88. The molecule has 6 nitrogen and oxygen atoms in total. The zero-order chi connectivity index (χ0) is 22.1. The van der Waals surface area contributed by atoms with Gasteiger partial charge in [0, 0.05) is 22.5 Å². The van der Waals surface area contributed by atoms with Crippen molar-refractivity contribution in [2.45, 2.75) is 45.7 Å². The van der Waals surface area contributed by atoms with Gasteiger partial charge in [-0.2, -0.15) is 10.2 Å². The number of hydrogen-bond acceptors (Lipinski definition) is 3. The molecule has 4 aromatic rings. The van der Waals surface area contributed by atoms with Gasteiger partial charge in [0.05, 0.1) is 30.2 Å². The highest BCUT2D eigenvalue weighted by Crippen LogP contribution is 2.30. The number of nitrogens with one attached hydrogen (secondary N) is 1. The van der Waals surface area contributed by atoms with Gasteiger partial charge in [-0.3, -0.25) is 9.48 Å². The Morgan fingerprint density at radius 2 is 1.88 bits per heavy atom. The minimum absolute atomic E-state index is 0.00791. The van der Waals surface area contributed by atoms with E-state index in [0.717, 1.165) is 48.4 Å². The molecule has 1 amide bonds. The SMILES string of the molecule is Cc1cc(C)n(-c2ccc(C(=O)N[C@H]3CCCc4c3cnn4Cc3ccccc3)cc2)n1. The number of amides is 1. The lowest BCUT2D eigenvalue weighted by molar-refractivity contribution is 0.0932. The van der Waals surface area contributed by atoms with Gasteiger partial charge in [-0.1, -0.05) is 30.3 Å². The van der Waals surface area contributed by atoms with Crippen LogP contribution in [0.3, 0.4) is 0 Å². The molecule has 0 saturated carbocycles. The molecule has 32 heavy (non-hydrogen) atoms. The molecule has 2 aromatic heterocycles. The summed E-state index contributed by atoms with van der Waals surface area (Å²) in [7, 11) is 0. The second-order valence-electron chi connectivity index (χ2n) is 8.49. The first-order valence-electron chi connectivity index (χ1n) is 11.1. The third-order valence-electron chi connectivity index (χ3n) is 6.13. The molecule has 0 saturated heterocycles. The van der Waals surface area contributed by atoms with Gasteiger partial charge >= 0.3 is 0 Å². The maximum absolute atomic E-state index is 13.0. The Bertz CT molecular complexity index is 1240. The van der Waals surface area contributed by atoms with E-state index in [4.69, 9.17) is 0 Å². The van der Waals surface area contributed by atoms with E-state index in [1.54, 1.807) is 0 Å². The van der Waals surface area contributed by atoms with Crippen molar-refractivity contribution in [2.75, 3.05) is 0 Å². The highest BCUT2D eigenvalue weighted by atomic mass is 16.1. The van der Waals surface area contributed by atoms with Crippen LogP contribution in [0, 0.1) is 13.8 Å². The lowest BCUT2D eigenvalue weighted by Gasteiger charge is -2.24. The van der Waals surface area contributed by atoms with E-state index < -0.39 is 0 Å². The highest BCUT2D eigenvalue weighted by molar-refractivity contribution is 5.94. The van der Waals surface area contributed by atoms with E-state index in [0.29, 0.717) is 5.56 Å². The Kier molecular flexibility index (Phi) is 5.35. The Balaban J connectivity index is 1.31. The predicted octanol–water partition coefficient (Wildman–Crippen LogP) is 4.54. The van der Waals surface area contributed by atoms with Gasteiger partial charge in [0.1, 0.15) is 0 Å². The first kappa shape index (κ1) is 20.2. The van der Waals surface area contributed by atoms with E-state index in [2.05, 4.69) is 44.5 Å². The fraction of sp³-hybridized carbons (Fsp3) is 0.269. The van der Waals surface area contributed by atoms with E-state index >= 15 is 0 Å². The largest absolute Gasteiger partial charge is 0.345 e. The van der Waals surface area contributed by atoms with Crippen molar-refractivity contribution < 1.29 is 4.79 Å². The topological polar surface area (TPSA) is 64.7 Å². The van der Waals surface area contributed by atoms with Crippen LogP contribution in [0.2, 0.25) is 0 Å². The van der Waals surface area contributed by atoms with Crippen LogP contribution in [0.4, 0.5) is 0 Å². The van der Waals surface area contributed by atoms with E-state index in [1.807, 2.05) is 61.1 Å². The summed E-state index contributed by atoms with van der Waals surface area (Å²) >= 11 is 0. The van der Waals surface area contributed by atoms with Gasteiger partial charge in [-0.05, 0) is 69.0 Å². The third-order valence-corrected chi connectivity index (χ3v) is 6.13. The quantitative estimate of drug-likeness (QED) is 0.510. The number of rotatable bonds is 5. The van der Waals surface area contributed by atoms with E-state index in [9.17, 15) is 4.79 Å². The average Bonchev–Trinajstić information content (AvgIpc) is 3.37. The minimum atomic E-state index is -0.0569. The molecule has 1 aliphatic carbocycles. The van der Waals surface area contributed by atoms with Crippen molar-refractivity contribution in [1.82, 2.24) is 24.9 Å². The summed E-state index contributed by atoms with van der Waals surface area (Å²) in [5.74, 6) is -0.0569. The summed E-state index contributed by atoms with van der Waals surface area (Å²) in [5.41, 5.74) is 7.25.